The van der Waals surface area contributed by atoms with Crippen LogP contribution in [0.4, 0.5) is 0 Å². The molecule has 1 aromatic carbocycles. The summed E-state index contributed by atoms with van der Waals surface area (Å²) >= 11 is 0. The van der Waals surface area contributed by atoms with E-state index in [4.69, 9.17) is 0 Å². The second-order valence-electron chi connectivity index (χ2n) is 4.33. The molecule has 2 rings (SSSR count). The Hall–Kier alpha value is -0.755. The van der Waals surface area contributed by atoms with Crippen LogP contribution in [0.2, 0.25) is 0 Å². The van der Waals surface area contributed by atoms with Crippen LogP contribution in [0.15, 0.2) is 24.3 Å². The van der Waals surface area contributed by atoms with Crippen LogP contribution in [0.5, 0.6) is 0 Å². The maximum absolute atomic E-state index is 2.57. The molecule has 1 aliphatic heterocycles. The number of rotatable bonds is 2. The highest BCUT2D eigenvalue weighted by atomic mass is 15.1. The van der Waals surface area contributed by atoms with E-state index in [-0.39, 0.29) is 0 Å². The van der Waals surface area contributed by atoms with E-state index in [9.17, 15) is 0 Å². The normalized spacial score (nSPS) is 18.3. The smallest absolute Gasteiger partial charge is 0.139 e. The summed E-state index contributed by atoms with van der Waals surface area (Å²) in [7, 11) is 2.17. The molecule has 0 bridgehead atoms. The molecular formula is C12H18BN. The summed E-state index contributed by atoms with van der Waals surface area (Å²) in [6, 6.07) is 8.87. The zero-order valence-corrected chi connectivity index (χ0v) is 9.00. The van der Waals surface area contributed by atoms with Crippen molar-refractivity contribution in [1.82, 2.24) is 4.90 Å². The minimum atomic E-state index is 1.14. The van der Waals surface area contributed by atoms with E-state index in [0.717, 1.165) is 6.54 Å². The summed E-state index contributed by atoms with van der Waals surface area (Å²) in [5, 5.41) is 0. The molecule has 2 heteroatoms. The summed E-state index contributed by atoms with van der Waals surface area (Å²) in [5.74, 6) is 0. The van der Waals surface area contributed by atoms with Crippen LogP contribution in [0, 0.1) is 0 Å². The van der Waals surface area contributed by atoms with Crippen molar-refractivity contribution in [1.29, 1.82) is 0 Å². The van der Waals surface area contributed by atoms with E-state index in [1.165, 1.54) is 43.4 Å². The van der Waals surface area contributed by atoms with E-state index < -0.39 is 0 Å². The topological polar surface area (TPSA) is 3.24 Å². The molecule has 74 valence electrons. The highest BCUT2D eigenvalue weighted by Gasteiger charge is 2.09. The summed E-state index contributed by atoms with van der Waals surface area (Å²) in [6.07, 6.45) is 4.18. The molecule has 0 N–H and O–H groups in total. The zero-order chi connectivity index (χ0) is 9.80. The highest BCUT2D eigenvalue weighted by molar-refractivity contribution is 6.32. The van der Waals surface area contributed by atoms with Crippen molar-refractivity contribution in [2.45, 2.75) is 25.8 Å². The van der Waals surface area contributed by atoms with Crippen molar-refractivity contribution in [3.8, 4) is 0 Å². The SMILES string of the molecule is Bc1cccc(CN2CCCCC2)c1. The minimum absolute atomic E-state index is 1.14. The fourth-order valence-corrected chi connectivity index (χ4v) is 2.19. The van der Waals surface area contributed by atoms with Gasteiger partial charge < -0.3 is 0 Å². The van der Waals surface area contributed by atoms with Crippen LogP contribution in [-0.2, 0) is 6.54 Å². The van der Waals surface area contributed by atoms with E-state index in [1.807, 2.05) is 0 Å². The Kier molecular flexibility index (Phi) is 3.25. The molecule has 0 radical (unpaired) electrons. The lowest BCUT2D eigenvalue weighted by Crippen LogP contribution is -2.29. The predicted octanol–water partition coefficient (Wildman–Crippen LogP) is 0.931. The lowest BCUT2D eigenvalue weighted by molar-refractivity contribution is 0.221. The van der Waals surface area contributed by atoms with Crippen LogP contribution in [0.3, 0.4) is 0 Å². The number of likely N-dealkylation sites (tertiary alicyclic amines) is 1. The third-order valence-corrected chi connectivity index (χ3v) is 2.94. The van der Waals surface area contributed by atoms with E-state index in [0.29, 0.717) is 0 Å². The molecule has 0 amide bonds. The van der Waals surface area contributed by atoms with Gasteiger partial charge in [0.05, 0.1) is 0 Å². The third-order valence-electron chi connectivity index (χ3n) is 2.94. The van der Waals surface area contributed by atoms with Crippen molar-refractivity contribution in [3.05, 3.63) is 29.8 Å². The Labute approximate surface area is 87.5 Å². The first kappa shape index (κ1) is 9.79. The van der Waals surface area contributed by atoms with Gasteiger partial charge in [-0.1, -0.05) is 36.1 Å². The van der Waals surface area contributed by atoms with Crippen molar-refractivity contribution in [3.63, 3.8) is 0 Å². The lowest BCUT2D eigenvalue weighted by atomic mass is 9.94. The molecule has 1 nitrogen and oxygen atoms in total. The number of hydrogen-bond donors (Lipinski definition) is 0. The monoisotopic (exact) mass is 187 g/mol. The van der Waals surface area contributed by atoms with E-state index in [1.54, 1.807) is 0 Å². The van der Waals surface area contributed by atoms with Crippen molar-refractivity contribution in [2.75, 3.05) is 13.1 Å². The fraction of sp³-hybridized carbons (Fsp3) is 0.500. The number of piperidine rings is 1. The number of benzene rings is 1. The van der Waals surface area contributed by atoms with Gasteiger partial charge in [0, 0.05) is 6.54 Å². The van der Waals surface area contributed by atoms with Crippen LogP contribution in [0.1, 0.15) is 24.8 Å². The van der Waals surface area contributed by atoms with Gasteiger partial charge in [-0.2, -0.15) is 0 Å². The number of hydrogen-bond acceptors (Lipinski definition) is 1. The van der Waals surface area contributed by atoms with Gasteiger partial charge in [0.25, 0.3) is 0 Å². The highest BCUT2D eigenvalue weighted by Crippen LogP contribution is 2.11. The zero-order valence-electron chi connectivity index (χ0n) is 9.00. The van der Waals surface area contributed by atoms with Gasteiger partial charge in [-0.15, -0.1) is 0 Å². The van der Waals surface area contributed by atoms with Gasteiger partial charge in [0.2, 0.25) is 0 Å². The summed E-state index contributed by atoms with van der Waals surface area (Å²) in [5.41, 5.74) is 2.84. The Bertz CT molecular complexity index is 292. The van der Waals surface area contributed by atoms with E-state index in [2.05, 4.69) is 37.0 Å². The quantitative estimate of drug-likeness (QED) is 0.622. The standard InChI is InChI=1S/C12H18BN/c13-12-6-4-5-11(9-12)10-14-7-2-1-3-8-14/h4-6,9H,1-3,7-8,10,13H2. The summed E-state index contributed by atoms with van der Waals surface area (Å²) in [6.45, 7) is 3.71. The van der Waals surface area contributed by atoms with Crippen molar-refractivity contribution >= 4 is 13.3 Å². The molecule has 1 aliphatic rings. The molecule has 0 unspecified atom stereocenters. The maximum atomic E-state index is 2.57. The molecule has 1 aromatic rings. The molecule has 0 aliphatic carbocycles. The molecule has 1 fully saturated rings. The molecule has 0 aromatic heterocycles. The van der Waals surface area contributed by atoms with Crippen molar-refractivity contribution < 1.29 is 0 Å². The number of nitrogens with zero attached hydrogens (tertiary/aromatic N) is 1. The predicted molar refractivity (Wildman–Crippen MR) is 63.7 cm³/mol. The van der Waals surface area contributed by atoms with Crippen molar-refractivity contribution in [2.24, 2.45) is 0 Å². The summed E-state index contributed by atoms with van der Waals surface area (Å²) < 4.78 is 0. The van der Waals surface area contributed by atoms with Gasteiger partial charge >= 0.3 is 0 Å². The van der Waals surface area contributed by atoms with Gasteiger partial charge in [-0.05, 0) is 31.5 Å². The first-order valence-electron chi connectivity index (χ1n) is 5.62. The molecule has 0 spiro atoms. The average Bonchev–Trinajstić information content (AvgIpc) is 2.19. The first-order valence-corrected chi connectivity index (χ1v) is 5.62. The third kappa shape index (κ3) is 2.61. The Morgan fingerprint density at radius 1 is 1.14 bits per heavy atom. The van der Waals surface area contributed by atoms with Gasteiger partial charge in [-0.25, -0.2) is 0 Å². The van der Waals surface area contributed by atoms with E-state index >= 15 is 0 Å². The molecule has 0 atom stereocenters. The molecule has 0 saturated carbocycles. The van der Waals surface area contributed by atoms with Crippen LogP contribution >= 0.6 is 0 Å². The summed E-state index contributed by atoms with van der Waals surface area (Å²) in [4.78, 5) is 2.57. The largest absolute Gasteiger partial charge is 0.299 e. The fourth-order valence-electron chi connectivity index (χ4n) is 2.19. The Morgan fingerprint density at radius 2 is 1.93 bits per heavy atom. The lowest BCUT2D eigenvalue weighted by Gasteiger charge is -2.26. The minimum Gasteiger partial charge on any atom is -0.299 e. The van der Waals surface area contributed by atoms with Crippen LogP contribution < -0.4 is 5.46 Å². The Balaban J connectivity index is 1.95. The Morgan fingerprint density at radius 3 is 2.64 bits per heavy atom. The average molecular weight is 187 g/mol. The molecule has 14 heavy (non-hydrogen) atoms. The molecule has 1 heterocycles. The van der Waals surface area contributed by atoms with Gasteiger partial charge in [-0.3, -0.25) is 4.90 Å². The van der Waals surface area contributed by atoms with Crippen LogP contribution in [0.25, 0.3) is 0 Å². The van der Waals surface area contributed by atoms with Crippen LogP contribution in [-0.4, -0.2) is 25.8 Å². The van der Waals surface area contributed by atoms with Gasteiger partial charge in [0.1, 0.15) is 7.85 Å². The first-order chi connectivity index (χ1) is 6.84. The molecular weight excluding hydrogens is 169 g/mol. The molecule has 1 saturated heterocycles. The maximum Gasteiger partial charge on any atom is 0.139 e. The second-order valence-corrected chi connectivity index (χ2v) is 4.33. The van der Waals surface area contributed by atoms with Gasteiger partial charge in [0.15, 0.2) is 0 Å². The second kappa shape index (κ2) is 4.65.